The van der Waals surface area contributed by atoms with Gasteiger partial charge in [-0.3, -0.25) is 4.98 Å². The van der Waals surface area contributed by atoms with Crippen LogP contribution in [0.4, 0.5) is 5.69 Å². The molecule has 0 aliphatic rings. The minimum atomic E-state index is -0.0614. The number of halogens is 1. The van der Waals surface area contributed by atoms with Gasteiger partial charge in [-0.1, -0.05) is 0 Å². The standard InChI is InChI=1S/C7H9ClN2/c1-5(8)6-4-10-3-2-7(6)9/h2-5H,1H3,(H2,9,10). The van der Waals surface area contributed by atoms with Crippen LogP contribution in [0.3, 0.4) is 0 Å². The van der Waals surface area contributed by atoms with Gasteiger partial charge in [0.1, 0.15) is 0 Å². The third-order valence-electron chi connectivity index (χ3n) is 1.32. The van der Waals surface area contributed by atoms with E-state index in [0.717, 1.165) is 5.56 Å². The maximum atomic E-state index is 5.79. The molecule has 1 atom stereocenters. The highest BCUT2D eigenvalue weighted by molar-refractivity contribution is 6.20. The predicted molar refractivity (Wildman–Crippen MR) is 42.9 cm³/mol. The van der Waals surface area contributed by atoms with Gasteiger partial charge in [0.05, 0.1) is 5.38 Å². The molecule has 0 aromatic carbocycles. The van der Waals surface area contributed by atoms with Gasteiger partial charge < -0.3 is 5.73 Å². The summed E-state index contributed by atoms with van der Waals surface area (Å²) in [5.41, 5.74) is 7.20. The van der Waals surface area contributed by atoms with Crippen molar-refractivity contribution in [2.24, 2.45) is 0 Å². The smallest absolute Gasteiger partial charge is 0.0592 e. The van der Waals surface area contributed by atoms with Crippen LogP contribution < -0.4 is 5.73 Å². The normalized spacial score (nSPS) is 13.0. The molecule has 54 valence electrons. The molecule has 0 aliphatic heterocycles. The van der Waals surface area contributed by atoms with Crippen LogP contribution in [-0.4, -0.2) is 4.98 Å². The molecule has 0 saturated carbocycles. The highest BCUT2D eigenvalue weighted by Gasteiger charge is 2.03. The van der Waals surface area contributed by atoms with E-state index in [1.165, 1.54) is 0 Å². The maximum absolute atomic E-state index is 5.79. The summed E-state index contributed by atoms with van der Waals surface area (Å²) < 4.78 is 0. The fraction of sp³-hybridized carbons (Fsp3) is 0.286. The van der Waals surface area contributed by atoms with Gasteiger partial charge >= 0.3 is 0 Å². The van der Waals surface area contributed by atoms with Crippen LogP contribution >= 0.6 is 11.6 Å². The number of pyridine rings is 1. The highest BCUT2D eigenvalue weighted by atomic mass is 35.5. The molecule has 1 aromatic rings. The Morgan fingerprint density at radius 1 is 1.70 bits per heavy atom. The first-order valence-electron chi connectivity index (χ1n) is 3.05. The van der Waals surface area contributed by atoms with Gasteiger partial charge in [0, 0.05) is 23.6 Å². The number of anilines is 1. The van der Waals surface area contributed by atoms with E-state index in [4.69, 9.17) is 17.3 Å². The molecular formula is C7H9ClN2. The number of hydrogen-bond donors (Lipinski definition) is 1. The number of nitrogens with two attached hydrogens (primary N) is 1. The number of aromatic nitrogens is 1. The number of nitrogens with zero attached hydrogens (tertiary/aromatic N) is 1. The van der Waals surface area contributed by atoms with E-state index in [1.54, 1.807) is 18.5 Å². The van der Waals surface area contributed by atoms with Gasteiger partial charge in [-0.2, -0.15) is 0 Å². The molecule has 10 heavy (non-hydrogen) atoms. The topological polar surface area (TPSA) is 38.9 Å². The lowest BCUT2D eigenvalue weighted by atomic mass is 10.2. The van der Waals surface area contributed by atoms with Crippen molar-refractivity contribution < 1.29 is 0 Å². The zero-order valence-corrected chi connectivity index (χ0v) is 6.47. The van der Waals surface area contributed by atoms with E-state index in [-0.39, 0.29) is 5.38 Å². The first kappa shape index (κ1) is 7.35. The van der Waals surface area contributed by atoms with Crippen LogP contribution in [0.25, 0.3) is 0 Å². The van der Waals surface area contributed by atoms with Crippen LogP contribution in [0.1, 0.15) is 17.9 Å². The Bertz CT molecular complexity index is 223. The van der Waals surface area contributed by atoms with Crippen molar-refractivity contribution in [3.8, 4) is 0 Å². The first-order valence-corrected chi connectivity index (χ1v) is 3.49. The quantitative estimate of drug-likeness (QED) is 0.632. The maximum Gasteiger partial charge on any atom is 0.0592 e. The summed E-state index contributed by atoms with van der Waals surface area (Å²) in [4.78, 5) is 3.90. The molecular weight excluding hydrogens is 148 g/mol. The Balaban J connectivity index is 3.03. The summed E-state index contributed by atoms with van der Waals surface area (Å²) in [7, 11) is 0. The van der Waals surface area contributed by atoms with Crippen molar-refractivity contribution in [3.05, 3.63) is 24.0 Å². The van der Waals surface area contributed by atoms with E-state index in [1.807, 2.05) is 6.92 Å². The molecule has 1 aromatic heterocycles. The van der Waals surface area contributed by atoms with Crippen molar-refractivity contribution in [3.63, 3.8) is 0 Å². The Labute approximate surface area is 65.0 Å². The van der Waals surface area contributed by atoms with Crippen LogP contribution in [0.15, 0.2) is 18.5 Å². The van der Waals surface area contributed by atoms with Crippen molar-refractivity contribution in [1.82, 2.24) is 4.98 Å². The molecule has 0 spiro atoms. The molecule has 0 bridgehead atoms. The van der Waals surface area contributed by atoms with E-state index < -0.39 is 0 Å². The Morgan fingerprint density at radius 3 is 2.80 bits per heavy atom. The van der Waals surface area contributed by atoms with E-state index in [2.05, 4.69) is 4.98 Å². The second kappa shape index (κ2) is 2.88. The zero-order valence-electron chi connectivity index (χ0n) is 5.71. The van der Waals surface area contributed by atoms with Crippen molar-refractivity contribution >= 4 is 17.3 Å². The molecule has 2 N–H and O–H groups in total. The number of alkyl halides is 1. The minimum Gasteiger partial charge on any atom is -0.398 e. The van der Waals surface area contributed by atoms with E-state index in [9.17, 15) is 0 Å². The molecule has 0 fully saturated rings. The van der Waals surface area contributed by atoms with Gasteiger partial charge in [-0.25, -0.2) is 0 Å². The van der Waals surface area contributed by atoms with Gasteiger partial charge in [0.2, 0.25) is 0 Å². The van der Waals surface area contributed by atoms with Crippen LogP contribution in [0.5, 0.6) is 0 Å². The van der Waals surface area contributed by atoms with Gasteiger partial charge in [0.15, 0.2) is 0 Å². The lowest BCUT2D eigenvalue weighted by molar-refractivity contribution is 1.06. The lowest BCUT2D eigenvalue weighted by Crippen LogP contribution is -1.94. The fourth-order valence-electron chi connectivity index (χ4n) is 0.750. The number of rotatable bonds is 1. The largest absolute Gasteiger partial charge is 0.398 e. The molecule has 1 unspecified atom stereocenters. The van der Waals surface area contributed by atoms with E-state index in [0.29, 0.717) is 5.69 Å². The SMILES string of the molecule is CC(Cl)c1cnccc1N. The minimum absolute atomic E-state index is 0.0614. The number of nitrogen functional groups attached to an aromatic ring is 1. The summed E-state index contributed by atoms with van der Waals surface area (Å²) in [6, 6.07) is 1.74. The second-order valence-electron chi connectivity index (χ2n) is 2.12. The predicted octanol–water partition coefficient (Wildman–Crippen LogP) is 1.96. The van der Waals surface area contributed by atoms with Crippen molar-refractivity contribution in [1.29, 1.82) is 0 Å². The molecule has 3 heteroatoms. The fourth-order valence-corrected chi connectivity index (χ4v) is 0.932. The second-order valence-corrected chi connectivity index (χ2v) is 2.78. The van der Waals surface area contributed by atoms with Crippen LogP contribution in [-0.2, 0) is 0 Å². The summed E-state index contributed by atoms with van der Waals surface area (Å²) >= 11 is 5.79. The molecule has 2 nitrogen and oxygen atoms in total. The highest BCUT2D eigenvalue weighted by Crippen LogP contribution is 2.23. The summed E-state index contributed by atoms with van der Waals surface area (Å²) in [5.74, 6) is 0. The van der Waals surface area contributed by atoms with E-state index >= 15 is 0 Å². The summed E-state index contributed by atoms with van der Waals surface area (Å²) in [6.07, 6.45) is 3.34. The molecule has 1 rings (SSSR count). The Morgan fingerprint density at radius 2 is 2.40 bits per heavy atom. The lowest BCUT2D eigenvalue weighted by Gasteiger charge is -2.04. The van der Waals surface area contributed by atoms with Crippen molar-refractivity contribution in [2.75, 3.05) is 5.73 Å². The van der Waals surface area contributed by atoms with Gasteiger partial charge in [-0.15, -0.1) is 11.6 Å². The monoisotopic (exact) mass is 156 g/mol. The van der Waals surface area contributed by atoms with Gasteiger partial charge in [0.25, 0.3) is 0 Å². The zero-order chi connectivity index (χ0) is 7.56. The van der Waals surface area contributed by atoms with Crippen molar-refractivity contribution in [2.45, 2.75) is 12.3 Å². The Hall–Kier alpha value is -0.760. The third kappa shape index (κ3) is 1.39. The molecule has 0 radical (unpaired) electrons. The van der Waals surface area contributed by atoms with Gasteiger partial charge in [-0.05, 0) is 13.0 Å². The number of hydrogen-bond acceptors (Lipinski definition) is 2. The third-order valence-corrected chi connectivity index (χ3v) is 1.55. The molecule has 1 heterocycles. The summed E-state index contributed by atoms with van der Waals surface area (Å²) in [5, 5.41) is -0.0614. The van der Waals surface area contributed by atoms with Crippen LogP contribution in [0.2, 0.25) is 0 Å². The molecule has 0 amide bonds. The average molecular weight is 157 g/mol. The summed E-state index contributed by atoms with van der Waals surface area (Å²) in [6.45, 7) is 1.87. The Kier molecular flexibility index (Phi) is 2.12. The molecule has 0 aliphatic carbocycles. The van der Waals surface area contributed by atoms with Crippen LogP contribution in [0, 0.1) is 0 Å². The first-order chi connectivity index (χ1) is 4.72. The average Bonchev–Trinajstić information content (AvgIpc) is 1.88. The molecule has 0 saturated heterocycles.